The van der Waals surface area contributed by atoms with Crippen molar-refractivity contribution < 1.29 is 14.5 Å². The molecule has 0 unspecified atom stereocenters. The Hall–Kier alpha value is -1.95. The molecule has 1 aromatic carbocycles. The van der Waals surface area contributed by atoms with Gasteiger partial charge in [0.05, 0.1) is 12.0 Å². The number of esters is 1. The molecule has 1 aromatic rings. The number of carbonyl (C=O) groups excluding carboxylic acids is 1. The maximum atomic E-state index is 11.7. The average Bonchev–Trinajstić information content (AvgIpc) is 2.48. The van der Waals surface area contributed by atoms with Crippen LogP contribution in [-0.4, -0.2) is 36.0 Å². The van der Waals surface area contributed by atoms with Crippen molar-refractivity contribution in [2.45, 2.75) is 26.3 Å². The van der Waals surface area contributed by atoms with Crippen LogP contribution in [0.2, 0.25) is 0 Å². The van der Waals surface area contributed by atoms with Gasteiger partial charge in [-0.15, -0.1) is 0 Å². The summed E-state index contributed by atoms with van der Waals surface area (Å²) in [6, 6.07) is 4.67. The second-order valence-electron chi connectivity index (χ2n) is 5.56. The van der Waals surface area contributed by atoms with Crippen LogP contribution >= 0.6 is 0 Å². The first-order chi connectivity index (χ1) is 10.0. The number of benzene rings is 1. The molecule has 1 saturated heterocycles. The maximum Gasteiger partial charge on any atom is 0.344 e. The first-order valence-corrected chi connectivity index (χ1v) is 7.09. The van der Waals surface area contributed by atoms with Crippen molar-refractivity contribution >= 4 is 11.7 Å². The molecule has 0 bridgehead atoms. The molecule has 0 saturated carbocycles. The summed E-state index contributed by atoms with van der Waals surface area (Å²) in [6.45, 7) is 4.99. The molecule has 1 aliphatic heterocycles. The number of nitro benzene ring substituents is 1. The molecule has 1 heterocycles. The van der Waals surface area contributed by atoms with E-state index in [4.69, 9.17) is 0 Å². The number of hydrogen-bond donors (Lipinski definition) is 0. The Morgan fingerprint density at radius 1 is 1.43 bits per heavy atom. The second-order valence-corrected chi connectivity index (χ2v) is 5.56. The molecular formula is C15H20N2O4. The number of likely N-dealkylation sites (tertiary alicyclic amines) is 1. The molecule has 21 heavy (non-hydrogen) atoms. The Kier molecular flexibility index (Phi) is 4.90. The third-order valence-corrected chi connectivity index (χ3v) is 3.95. The molecule has 0 spiro atoms. The van der Waals surface area contributed by atoms with Crippen LogP contribution in [0.25, 0.3) is 0 Å². The van der Waals surface area contributed by atoms with E-state index in [0.29, 0.717) is 6.54 Å². The highest BCUT2D eigenvalue weighted by Gasteiger charge is 2.22. The second kappa shape index (κ2) is 6.67. The lowest BCUT2D eigenvalue weighted by Crippen LogP contribution is -2.32. The summed E-state index contributed by atoms with van der Waals surface area (Å²) in [6.07, 6.45) is 2.33. The Labute approximate surface area is 123 Å². The minimum absolute atomic E-state index is 0.0189. The van der Waals surface area contributed by atoms with Gasteiger partial charge in [0, 0.05) is 12.6 Å². The number of piperidine rings is 1. The quantitative estimate of drug-likeness (QED) is 0.484. The molecule has 0 N–H and O–H groups in total. The van der Waals surface area contributed by atoms with Gasteiger partial charge in [0.2, 0.25) is 0 Å². The highest BCUT2D eigenvalue weighted by Crippen LogP contribution is 2.23. The van der Waals surface area contributed by atoms with Gasteiger partial charge in [0.15, 0.2) is 0 Å². The summed E-state index contributed by atoms with van der Waals surface area (Å²) in [5.74, 6) is 0.0829. The third kappa shape index (κ3) is 3.78. The monoisotopic (exact) mass is 292 g/mol. The topological polar surface area (TPSA) is 72.7 Å². The minimum Gasteiger partial charge on any atom is -0.465 e. The van der Waals surface area contributed by atoms with Gasteiger partial charge in [-0.2, -0.15) is 0 Å². The van der Waals surface area contributed by atoms with Gasteiger partial charge < -0.3 is 4.74 Å². The molecule has 6 nitrogen and oxygen atoms in total. The fraction of sp³-hybridized carbons (Fsp3) is 0.533. The van der Waals surface area contributed by atoms with Gasteiger partial charge in [-0.05, 0) is 43.5 Å². The third-order valence-electron chi connectivity index (χ3n) is 3.95. The Morgan fingerprint density at radius 2 is 2.10 bits per heavy atom. The molecule has 1 fully saturated rings. The van der Waals surface area contributed by atoms with Crippen LogP contribution in [0.15, 0.2) is 18.2 Å². The van der Waals surface area contributed by atoms with Crippen LogP contribution in [0.5, 0.6) is 0 Å². The standard InChI is InChI=1S/C15H20N2O4/c1-11-5-7-16(8-6-11)10-12-3-4-14(17(19)20)13(9-12)15(18)21-2/h3-4,9,11H,5-8,10H2,1-2H3. The fourth-order valence-electron chi connectivity index (χ4n) is 2.59. The smallest absolute Gasteiger partial charge is 0.344 e. The van der Waals surface area contributed by atoms with E-state index in [0.717, 1.165) is 37.4 Å². The SMILES string of the molecule is COC(=O)c1cc(CN2CCC(C)CC2)ccc1[N+](=O)[O-]. The van der Waals surface area contributed by atoms with E-state index in [1.807, 2.05) is 0 Å². The van der Waals surface area contributed by atoms with Crippen LogP contribution in [0.4, 0.5) is 5.69 Å². The number of hydrogen-bond acceptors (Lipinski definition) is 5. The molecule has 1 aliphatic rings. The van der Waals surface area contributed by atoms with Gasteiger partial charge in [0.1, 0.15) is 5.56 Å². The Bertz CT molecular complexity index is 536. The van der Waals surface area contributed by atoms with E-state index in [1.165, 1.54) is 13.2 Å². The van der Waals surface area contributed by atoms with Gasteiger partial charge in [-0.25, -0.2) is 4.79 Å². The lowest BCUT2D eigenvalue weighted by atomic mass is 9.98. The van der Waals surface area contributed by atoms with Gasteiger partial charge in [0.25, 0.3) is 5.69 Å². The lowest BCUT2D eigenvalue weighted by molar-refractivity contribution is -0.385. The number of nitro groups is 1. The largest absolute Gasteiger partial charge is 0.465 e. The van der Waals surface area contributed by atoms with Crippen molar-refractivity contribution in [3.63, 3.8) is 0 Å². The van der Waals surface area contributed by atoms with Crippen LogP contribution in [0.1, 0.15) is 35.7 Å². The number of ether oxygens (including phenoxy) is 1. The van der Waals surface area contributed by atoms with Crippen molar-refractivity contribution in [3.05, 3.63) is 39.4 Å². The first kappa shape index (κ1) is 15.4. The zero-order valence-electron chi connectivity index (χ0n) is 12.4. The molecule has 0 amide bonds. The highest BCUT2D eigenvalue weighted by molar-refractivity contribution is 5.94. The van der Waals surface area contributed by atoms with Crippen LogP contribution < -0.4 is 0 Å². The zero-order chi connectivity index (χ0) is 15.4. The van der Waals surface area contributed by atoms with Crippen molar-refractivity contribution in [3.8, 4) is 0 Å². The van der Waals surface area contributed by atoms with E-state index >= 15 is 0 Å². The van der Waals surface area contributed by atoms with Crippen LogP contribution in [-0.2, 0) is 11.3 Å². The van der Waals surface area contributed by atoms with Gasteiger partial charge >= 0.3 is 5.97 Å². The van der Waals surface area contributed by atoms with Crippen molar-refractivity contribution in [1.29, 1.82) is 0 Å². The van der Waals surface area contributed by atoms with Crippen molar-refractivity contribution in [2.24, 2.45) is 5.92 Å². The number of rotatable bonds is 4. The van der Waals surface area contributed by atoms with E-state index < -0.39 is 10.9 Å². The Balaban J connectivity index is 2.17. The highest BCUT2D eigenvalue weighted by atomic mass is 16.6. The van der Waals surface area contributed by atoms with E-state index in [9.17, 15) is 14.9 Å². The van der Waals surface area contributed by atoms with Crippen LogP contribution in [0, 0.1) is 16.0 Å². The molecule has 2 rings (SSSR count). The molecule has 0 atom stereocenters. The summed E-state index contributed by atoms with van der Waals surface area (Å²) >= 11 is 0. The predicted molar refractivity (Wildman–Crippen MR) is 78.1 cm³/mol. The summed E-state index contributed by atoms with van der Waals surface area (Å²) < 4.78 is 4.63. The maximum absolute atomic E-state index is 11.7. The Morgan fingerprint density at radius 3 is 2.67 bits per heavy atom. The first-order valence-electron chi connectivity index (χ1n) is 7.09. The summed E-state index contributed by atoms with van der Waals surface area (Å²) in [7, 11) is 1.23. The molecule has 0 radical (unpaired) electrons. The van der Waals surface area contributed by atoms with Crippen LogP contribution in [0.3, 0.4) is 0 Å². The molecule has 0 aromatic heterocycles. The number of nitrogens with zero attached hydrogens (tertiary/aromatic N) is 2. The van der Waals surface area contributed by atoms with E-state index in [2.05, 4.69) is 16.6 Å². The molecule has 114 valence electrons. The molecule has 6 heteroatoms. The molecule has 0 aliphatic carbocycles. The van der Waals surface area contributed by atoms with Gasteiger partial charge in [-0.3, -0.25) is 15.0 Å². The number of carbonyl (C=O) groups is 1. The number of methoxy groups -OCH3 is 1. The predicted octanol–water partition coefficient (Wildman–Crippen LogP) is 2.61. The molecular weight excluding hydrogens is 272 g/mol. The lowest BCUT2D eigenvalue weighted by Gasteiger charge is -2.30. The van der Waals surface area contributed by atoms with Crippen molar-refractivity contribution in [2.75, 3.05) is 20.2 Å². The summed E-state index contributed by atoms with van der Waals surface area (Å²) in [5.41, 5.74) is 0.707. The van der Waals surface area contributed by atoms with Crippen molar-refractivity contribution in [1.82, 2.24) is 4.90 Å². The summed E-state index contributed by atoms with van der Waals surface area (Å²) in [5, 5.41) is 11.0. The van der Waals surface area contributed by atoms with Gasteiger partial charge in [-0.1, -0.05) is 13.0 Å². The minimum atomic E-state index is -0.671. The normalized spacial score (nSPS) is 16.7. The summed E-state index contributed by atoms with van der Waals surface area (Å²) in [4.78, 5) is 24.4. The van der Waals surface area contributed by atoms with E-state index in [-0.39, 0.29) is 11.3 Å². The average molecular weight is 292 g/mol. The van der Waals surface area contributed by atoms with E-state index in [1.54, 1.807) is 12.1 Å². The zero-order valence-corrected chi connectivity index (χ0v) is 12.4. The fourth-order valence-corrected chi connectivity index (χ4v) is 2.59.